The lowest BCUT2D eigenvalue weighted by Gasteiger charge is -2.04. The molecule has 1 heterocycles. The van der Waals surface area contributed by atoms with Crippen LogP contribution in [0.1, 0.15) is 0 Å². The fourth-order valence-electron chi connectivity index (χ4n) is 2.04. The molecule has 2 aromatic carbocycles. The summed E-state index contributed by atoms with van der Waals surface area (Å²) in [5.41, 5.74) is 2.56. The molecule has 0 saturated carbocycles. The number of non-ortho nitro benzene ring substituents is 1. The number of hydrogen-bond acceptors (Lipinski definition) is 6. The van der Waals surface area contributed by atoms with Crippen LogP contribution in [0.15, 0.2) is 53.9 Å². The topological polar surface area (TPSA) is 77.3 Å². The highest BCUT2D eigenvalue weighted by Gasteiger charge is 2.08. The third-order valence-corrected chi connectivity index (χ3v) is 3.96. The Morgan fingerprint density at radius 2 is 2.00 bits per heavy atom. The Morgan fingerprint density at radius 3 is 2.70 bits per heavy atom. The van der Waals surface area contributed by atoms with Crippen molar-refractivity contribution in [1.82, 2.24) is 4.98 Å². The number of rotatable bonds is 5. The van der Waals surface area contributed by atoms with Crippen LogP contribution in [0.4, 0.5) is 16.5 Å². The summed E-state index contributed by atoms with van der Waals surface area (Å²) in [6.45, 7) is 0. The Morgan fingerprint density at radius 1 is 1.22 bits per heavy atom. The monoisotopic (exact) mass is 327 g/mol. The first-order chi connectivity index (χ1) is 11.2. The summed E-state index contributed by atoms with van der Waals surface area (Å²) in [6, 6.07) is 13.9. The molecule has 6 nitrogen and oxygen atoms in total. The SMILES string of the molecule is COc1cccc(Nc2nc(-c3ccc([N+](=O)[O-])cc3)cs2)c1. The highest BCUT2D eigenvalue weighted by atomic mass is 32.1. The van der Waals surface area contributed by atoms with Crippen LogP contribution in [0.25, 0.3) is 11.3 Å². The average molecular weight is 327 g/mol. The predicted molar refractivity (Wildman–Crippen MR) is 90.5 cm³/mol. The smallest absolute Gasteiger partial charge is 0.269 e. The van der Waals surface area contributed by atoms with Crippen LogP contribution < -0.4 is 10.1 Å². The molecular formula is C16H13N3O3S. The molecule has 7 heteroatoms. The number of hydrogen-bond donors (Lipinski definition) is 1. The summed E-state index contributed by atoms with van der Waals surface area (Å²) in [6.07, 6.45) is 0. The summed E-state index contributed by atoms with van der Waals surface area (Å²) in [4.78, 5) is 14.8. The fourth-order valence-corrected chi connectivity index (χ4v) is 2.78. The third kappa shape index (κ3) is 3.46. The Bertz CT molecular complexity index is 831. The Kier molecular flexibility index (Phi) is 4.20. The van der Waals surface area contributed by atoms with E-state index in [9.17, 15) is 10.1 Å². The van der Waals surface area contributed by atoms with Crippen LogP contribution in [-0.4, -0.2) is 17.0 Å². The van der Waals surface area contributed by atoms with Gasteiger partial charge in [0.25, 0.3) is 5.69 Å². The minimum absolute atomic E-state index is 0.0682. The molecule has 0 atom stereocenters. The highest BCUT2D eigenvalue weighted by molar-refractivity contribution is 7.14. The Labute approximate surface area is 136 Å². The van der Waals surface area contributed by atoms with Crippen LogP contribution in [0, 0.1) is 10.1 Å². The van der Waals surface area contributed by atoms with Crippen molar-refractivity contribution >= 4 is 27.8 Å². The minimum Gasteiger partial charge on any atom is -0.497 e. The van der Waals surface area contributed by atoms with E-state index in [0.29, 0.717) is 0 Å². The van der Waals surface area contributed by atoms with Gasteiger partial charge in [-0.2, -0.15) is 0 Å². The zero-order valence-corrected chi connectivity index (χ0v) is 13.0. The molecule has 116 valence electrons. The van der Waals surface area contributed by atoms with E-state index in [-0.39, 0.29) is 5.69 Å². The van der Waals surface area contributed by atoms with Crippen LogP contribution in [0.5, 0.6) is 5.75 Å². The number of nitrogens with zero attached hydrogens (tertiary/aromatic N) is 2. The predicted octanol–water partition coefficient (Wildman–Crippen LogP) is 4.47. The number of nitrogens with one attached hydrogen (secondary N) is 1. The van der Waals surface area contributed by atoms with Crippen molar-refractivity contribution in [2.24, 2.45) is 0 Å². The molecule has 0 bridgehead atoms. The molecule has 0 fully saturated rings. The maximum absolute atomic E-state index is 10.7. The molecular weight excluding hydrogens is 314 g/mol. The van der Waals surface area contributed by atoms with E-state index >= 15 is 0 Å². The van der Waals surface area contributed by atoms with E-state index in [0.717, 1.165) is 27.8 Å². The van der Waals surface area contributed by atoms with Gasteiger partial charge in [-0.15, -0.1) is 11.3 Å². The van der Waals surface area contributed by atoms with E-state index in [4.69, 9.17) is 4.74 Å². The van der Waals surface area contributed by atoms with E-state index < -0.39 is 4.92 Å². The van der Waals surface area contributed by atoms with Crippen molar-refractivity contribution in [1.29, 1.82) is 0 Å². The van der Waals surface area contributed by atoms with Gasteiger partial charge in [-0.25, -0.2) is 4.98 Å². The second-order valence-electron chi connectivity index (χ2n) is 4.70. The van der Waals surface area contributed by atoms with Crippen molar-refractivity contribution in [2.75, 3.05) is 12.4 Å². The molecule has 0 aliphatic heterocycles. The lowest BCUT2D eigenvalue weighted by atomic mass is 10.1. The minimum atomic E-state index is -0.416. The number of nitro groups is 1. The molecule has 0 unspecified atom stereocenters. The number of ether oxygens (including phenoxy) is 1. The Balaban J connectivity index is 1.78. The summed E-state index contributed by atoms with van der Waals surface area (Å²) < 4.78 is 5.19. The van der Waals surface area contributed by atoms with Gasteiger partial charge in [-0.1, -0.05) is 6.07 Å². The van der Waals surface area contributed by atoms with Crippen molar-refractivity contribution in [2.45, 2.75) is 0 Å². The van der Waals surface area contributed by atoms with E-state index in [2.05, 4.69) is 10.3 Å². The van der Waals surface area contributed by atoms with Crippen LogP contribution in [0.2, 0.25) is 0 Å². The van der Waals surface area contributed by atoms with Gasteiger partial charge in [0, 0.05) is 34.8 Å². The highest BCUT2D eigenvalue weighted by Crippen LogP contribution is 2.29. The van der Waals surface area contributed by atoms with Gasteiger partial charge < -0.3 is 10.1 Å². The summed E-state index contributed by atoms with van der Waals surface area (Å²) in [5, 5.41) is 16.5. The standard InChI is InChI=1S/C16H13N3O3S/c1-22-14-4-2-3-12(9-14)17-16-18-15(10-23-16)11-5-7-13(8-6-11)19(20)21/h2-10H,1H3,(H,17,18). The number of thiazole rings is 1. The zero-order chi connectivity index (χ0) is 16.2. The van der Waals surface area contributed by atoms with Crippen molar-refractivity contribution in [3.05, 3.63) is 64.0 Å². The summed E-state index contributed by atoms with van der Waals surface area (Å²) >= 11 is 1.47. The third-order valence-electron chi connectivity index (χ3n) is 3.20. The van der Waals surface area contributed by atoms with Crippen molar-refractivity contribution < 1.29 is 9.66 Å². The van der Waals surface area contributed by atoms with Gasteiger partial charge in [-0.05, 0) is 24.3 Å². The van der Waals surface area contributed by atoms with Crippen molar-refractivity contribution in [3.63, 3.8) is 0 Å². The number of methoxy groups -OCH3 is 1. The second kappa shape index (κ2) is 6.45. The molecule has 3 rings (SSSR count). The van der Waals surface area contributed by atoms with Gasteiger partial charge in [0.2, 0.25) is 0 Å². The molecule has 1 aromatic heterocycles. The quantitative estimate of drug-likeness (QED) is 0.552. The molecule has 0 spiro atoms. The van der Waals surface area contributed by atoms with E-state index in [1.807, 2.05) is 29.6 Å². The van der Waals surface area contributed by atoms with E-state index in [1.54, 1.807) is 19.2 Å². The summed E-state index contributed by atoms with van der Waals surface area (Å²) in [5.74, 6) is 0.766. The van der Waals surface area contributed by atoms with Gasteiger partial charge in [-0.3, -0.25) is 10.1 Å². The molecule has 23 heavy (non-hydrogen) atoms. The van der Waals surface area contributed by atoms with Crippen LogP contribution in [0.3, 0.4) is 0 Å². The van der Waals surface area contributed by atoms with Crippen LogP contribution >= 0.6 is 11.3 Å². The molecule has 0 aliphatic rings. The lowest BCUT2D eigenvalue weighted by Crippen LogP contribution is -1.91. The van der Waals surface area contributed by atoms with Crippen LogP contribution in [-0.2, 0) is 0 Å². The fraction of sp³-hybridized carbons (Fsp3) is 0.0625. The Hall–Kier alpha value is -2.93. The number of benzene rings is 2. The maximum atomic E-state index is 10.7. The molecule has 0 radical (unpaired) electrons. The largest absolute Gasteiger partial charge is 0.497 e. The number of anilines is 2. The first kappa shape index (κ1) is 15.0. The lowest BCUT2D eigenvalue weighted by molar-refractivity contribution is -0.384. The number of aromatic nitrogens is 1. The van der Waals surface area contributed by atoms with Crippen molar-refractivity contribution in [3.8, 4) is 17.0 Å². The normalized spacial score (nSPS) is 10.3. The molecule has 0 saturated heterocycles. The first-order valence-electron chi connectivity index (χ1n) is 6.77. The average Bonchev–Trinajstić information content (AvgIpc) is 3.03. The molecule has 1 N–H and O–H groups in total. The van der Waals surface area contributed by atoms with Gasteiger partial charge in [0.05, 0.1) is 17.7 Å². The van der Waals surface area contributed by atoms with Gasteiger partial charge in [0.15, 0.2) is 5.13 Å². The molecule has 0 amide bonds. The second-order valence-corrected chi connectivity index (χ2v) is 5.56. The van der Waals surface area contributed by atoms with Gasteiger partial charge >= 0.3 is 0 Å². The summed E-state index contributed by atoms with van der Waals surface area (Å²) in [7, 11) is 1.62. The first-order valence-corrected chi connectivity index (χ1v) is 7.65. The molecule has 3 aromatic rings. The maximum Gasteiger partial charge on any atom is 0.269 e. The van der Waals surface area contributed by atoms with Gasteiger partial charge in [0.1, 0.15) is 5.75 Å². The number of nitro benzene ring substituents is 1. The van der Waals surface area contributed by atoms with E-state index in [1.165, 1.54) is 23.5 Å². The molecule has 0 aliphatic carbocycles. The zero-order valence-electron chi connectivity index (χ0n) is 12.2.